The molecule has 46 heavy (non-hydrogen) atoms. The van der Waals surface area contributed by atoms with Gasteiger partial charge in [-0.25, -0.2) is 4.98 Å². The van der Waals surface area contributed by atoms with E-state index in [4.69, 9.17) is 32.8 Å². The molecule has 0 amide bonds. The average Bonchev–Trinajstić information content (AvgIpc) is 3.49. The van der Waals surface area contributed by atoms with Crippen LogP contribution in [0.2, 0.25) is 0 Å². The third-order valence-corrected chi connectivity index (χ3v) is 7.64. The molecule has 13 nitrogen and oxygen atoms in total. The standard InChI is InChI=1S/C32H29NO12S/c1-16(34)39-14-26-28(41-17(2)35)29(42-18(3)36)30(43-19(4)37)32(45-26)44-21-10-11-22-25(12-21)40-13-23(27(22)38)24-15-46-31(33-24)20-8-6-5-7-9-20/h5-13,15,26,28-30,32H,14H2,1-4H3/t26-,28+,29-,30+,32+/m0/s1. The van der Waals surface area contributed by atoms with Gasteiger partial charge in [-0.1, -0.05) is 30.3 Å². The molecule has 14 heteroatoms. The first kappa shape index (κ1) is 32.3. The number of ether oxygens (including phenoxy) is 6. The minimum absolute atomic E-state index is 0.129. The lowest BCUT2D eigenvalue weighted by atomic mass is 9.98. The van der Waals surface area contributed by atoms with E-state index in [0.29, 0.717) is 5.69 Å². The molecule has 4 aromatic rings. The molecule has 0 spiro atoms. The number of aromatic nitrogens is 1. The number of esters is 4. The Morgan fingerprint density at radius 3 is 2.20 bits per heavy atom. The lowest BCUT2D eigenvalue weighted by Crippen LogP contribution is -2.63. The molecule has 0 unspecified atom stereocenters. The van der Waals surface area contributed by atoms with Gasteiger partial charge in [-0.3, -0.25) is 24.0 Å². The second kappa shape index (κ2) is 13.9. The zero-order valence-corrected chi connectivity index (χ0v) is 25.9. The van der Waals surface area contributed by atoms with Crippen molar-refractivity contribution in [1.82, 2.24) is 4.98 Å². The Kier molecular flexibility index (Phi) is 9.78. The Morgan fingerprint density at radius 2 is 1.52 bits per heavy atom. The number of carbonyl (C=O) groups is 4. The third kappa shape index (κ3) is 7.41. The van der Waals surface area contributed by atoms with E-state index < -0.39 is 61.2 Å². The minimum Gasteiger partial charge on any atom is -0.463 e. The van der Waals surface area contributed by atoms with Crippen molar-refractivity contribution in [2.45, 2.75) is 58.4 Å². The molecule has 2 aromatic carbocycles. The fourth-order valence-corrected chi connectivity index (χ4v) is 5.71. The highest BCUT2D eigenvalue weighted by atomic mass is 32.1. The number of benzene rings is 2. The van der Waals surface area contributed by atoms with Crippen LogP contribution in [0.25, 0.3) is 32.8 Å². The Balaban J connectivity index is 1.46. The van der Waals surface area contributed by atoms with Gasteiger partial charge in [0.25, 0.3) is 0 Å². The topological polar surface area (TPSA) is 167 Å². The van der Waals surface area contributed by atoms with Crippen molar-refractivity contribution in [1.29, 1.82) is 0 Å². The van der Waals surface area contributed by atoms with Crippen LogP contribution in [-0.4, -0.2) is 66.2 Å². The lowest BCUT2D eigenvalue weighted by Gasteiger charge is -2.43. The van der Waals surface area contributed by atoms with Crippen LogP contribution < -0.4 is 10.2 Å². The molecular weight excluding hydrogens is 622 g/mol. The molecule has 1 aliphatic rings. The van der Waals surface area contributed by atoms with Gasteiger partial charge in [0, 0.05) is 44.7 Å². The van der Waals surface area contributed by atoms with E-state index in [1.54, 1.807) is 5.38 Å². The number of rotatable bonds is 9. The Morgan fingerprint density at radius 1 is 0.848 bits per heavy atom. The monoisotopic (exact) mass is 651 g/mol. The highest BCUT2D eigenvalue weighted by Crippen LogP contribution is 2.33. The van der Waals surface area contributed by atoms with Gasteiger partial charge in [0.2, 0.25) is 17.8 Å². The summed E-state index contributed by atoms with van der Waals surface area (Å²) >= 11 is 1.40. The van der Waals surface area contributed by atoms with E-state index in [0.717, 1.165) is 31.3 Å². The molecule has 1 saturated heterocycles. The molecule has 0 saturated carbocycles. The largest absolute Gasteiger partial charge is 0.463 e. The average molecular weight is 652 g/mol. The molecule has 240 valence electrons. The van der Waals surface area contributed by atoms with Crippen LogP contribution >= 0.6 is 11.3 Å². The van der Waals surface area contributed by atoms with Gasteiger partial charge in [-0.2, -0.15) is 0 Å². The van der Waals surface area contributed by atoms with E-state index in [1.165, 1.54) is 42.7 Å². The number of hydrogen-bond donors (Lipinski definition) is 0. The van der Waals surface area contributed by atoms with E-state index >= 15 is 0 Å². The summed E-state index contributed by atoms with van der Waals surface area (Å²) in [6.45, 7) is 4.14. The molecule has 5 atom stereocenters. The van der Waals surface area contributed by atoms with Crippen molar-refractivity contribution in [3.05, 3.63) is 70.4 Å². The SMILES string of the molecule is CC(=O)OC[C@@H]1O[C@@H](Oc2ccc3c(=O)c(-c4csc(-c5ccccc5)n4)coc3c2)[C@H](OC(C)=O)[C@@H](OC(C)=O)[C@@H]1OC(C)=O. The maximum Gasteiger partial charge on any atom is 0.303 e. The summed E-state index contributed by atoms with van der Waals surface area (Å²) in [5, 5.41) is 2.78. The third-order valence-electron chi connectivity index (χ3n) is 6.75. The van der Waals surface area contributed by atoms with E-state index in [2.05, 4.69) is 4.98 Å². The Hall–Kier alpha value is -5.08. The first-order chi connectivity index (χ1) is 22.0. The molecule has 2 aromatic heterocycles. The summed E-state index contributed by atoms with van der Waals surface area (Å²) in [5.41, 5.74) is 1.53. The highest BCUT2D eigenvalue weighted by Gasteiger charge is 2.53. The predicted molar refractivity (Wildman–Crippen MR) is 162 cm³/mol. The van der Waals surface area contributed by atoms with Gasteiger partial charge in [-0.15, -0.1) is 11.3 Å². The Labute approximate surface area is 265 Å². The van der Waals surface area contributed by atoms with Gasteiger partial charge in [0.1, 0.15) is 35.3 Å². The molecular formula is C32H29NO12S. The van der Waals surface area contributed by atoms with Crippen LogP contribution in [0.5, 0.6) is 5.75 Å². The second-order valence-corrected chi connectivity index (χ2v) is 11.1. The molecule has 0 bridgehead atoms. The Bertz CT molecular complexity index is 1820. The van der Waals surface area contributed by atoms with Crippen LogP contribution in [0.1, 0.15) is 27.7 Å². The summed E-state index contributed by atoms with van der Waals surface area (Å²) in [6, 6.07) is 14.0. The lowest BCUT2D eigenvalue weighted by molar-refractivity contribution is -0.288. The zero-order valence-electron chi connectivity index (χ0n) is 25.1. The van der Waals surface area contributed by atoms with Crippen LogP contribution in [0, 0.1) is 0 Å². The molecule has 3 heterocycles. The van der Waals surface area contributed by atoms with Crippen molar-refractivity contribution >= 4 is 46.2 Å². The van der Waals surface area contributed by atoms with Crippen molar-refractivity contribution in [3.8, 4) is 27.6 Å². The molecule has 0 radical (unpaired) electrons. The number of hydrogen-bond acceptors (Lipinski definition) is 14. The summed E-state index contributed by atoms with van der Waals surface area (Å²) in [4.78, 5) is 65.8. The van der Waals surface area contributed by atoms with Gasteiger partial charge < -0.3 is 32.8 Å². The van der Waals surface area contributed by atoms with Crippen molar-refractivity contribution in [2.24, 2.45) is 0 Å². The van der Waals surface area contributed by atoms with Crippen LogP contribution in [0.3, 0.4) is 0 Å². The number of nitrogens with zero attached hydrogens (tertiary/aromatic N) is 1. The number of thiazole rings is 1. The van der Waals surface area contributed by atoms with Gasteiger partial charge in [0.05, 0.1) is 16.6 Å². The molecule has 0 aliphatic carbocycles. The van der Waals surface area contributed by atoms with Gasteiger partial charge in [-0.05, 0) is 12.1 Å². The van der Waals surface area contributed by atoms with Crippen LogP contribution in [-0.2, 0) is 42.9 Å². The second-order valence-electron chi connectivity index (χ2n) is 10.2. The first-order valence-electron chi connectivity index (χ1n) is 14.0. The maximum atomic E-state index is 13.4. The van der Waals surface area contributed by atoms with Gasteiger partial charge in [0.15, 0.2) is 12.2 Å². The number of carbonyl (C=O) groups excluding carboxylic acids is 4. The van der Waals surface area contributed by atoms with Gasteiger partial charge >= 0.3 is 23.9 Å². The summed E-state index contributed by atoms with van der Waals surface area (Å²) < 4.78 is 39.2. The van der Waals surface area contributed by atoms with E-state index in [-0.39, 0.29) is 27.7 Å². The molecule has 0 N–H and O–H groups in total. The molecule has 1 aliphatic heterocycles. The van der Waals surface area contributed by atoms with Crippen molar-refractivity contribution in [2.75, 3.05) is 6.61 Å². The highest BCUT2D eigenvalue weighted by molar-refractivity contribution is 7.13. The fraction of sp³-hybridized carbons (Fsp3) is 0.312. The normalized spacial score (nSPS) is 20.8. The summed E-state index contributed by atoms with van der Waals surface area (Å²) in [6.07, 6.45) is -5.47. The fourth-order valence-electron chi connectivity index (χ4n) is 4.89. The minimum atomic E-state index is -1.45. The smallest absolute Gasteiger partial charge is 0.303 e. The summed E-state index contributed by atoms with van der Waals surface area (Å²) in [5.74, 6) is -2.81. The summed E-state index contributed by atoms with van der Waals surface area (Å²) in [7, 11) is 0. The van der Waals surface area contributed by atoms with Crippen LogP contribution in [0.4, 0.5) is 0 Å². The van der Waals surface area contributed by atoms with E-state index in [1.807, 2.05) is 30.3 Å². The zero-order chi connectivity index (χ0) is 33.0. The maximum absolute atomic E-state index is 13.4. The van der Waals surface area contributed by atoms with Crippen molar-refractivity contribution < 1.29 is 52.0 Å². The van der Waals surface area contributed by atoms with Crippen molar-refractivity contribution in [3.63, 3.8) is 0 Å². The predicted octanol–water partition coefficient (Wildman–Crippen LogP) is 4.05. The molecule has 5 rings (SSSR count). The number of fused-ring (bicyclic) bond motifs is 1. The first-order valence-corrected chi connectivity index (χ1v) is 14.9. The van der Waals surface area contributed by atoms with Crippen LogP contribution in [0.15, 0.2) is 69.4 Å². The quantitative estimate of drug-likeness (QED) is 0.188. The molecule has 1 fully saturated rings. The van der Waals surface area contributed by atoms with E-state index in [9.17, 15) is 24.0 Å².